The van der Waals surface area contributed by atoms with Crippen molar-refractivity contribution in [2.75, 3.05) is 31.9 Å². The predicted molar refractivity (Wildman–Crippen MR) is 104 cm³/mol. The molecule has 1 saturated carbocycles. The normalized spacial score (nSPS) is 22.4. The third kappa shape index (κ3) is 7.77. The summed E-state index contributed by atoms with van der Waals surface area (Å²) in [6.45, 7) is 5.20. The van der Waals surface area contributed by atoms with E-state index in [0.717, 1.165) is 25.6 Å². The summed E-state index contributed by atoms with van der Waals surface area (Å²) in [4.78, 5) is 16.7. The third-order valence-electron chi connectivity index (χ3n) is 4.76. The molecule has 0 spiro atoms. The van der Waals surface area contributed by atoms with Crippen molar-refractivity contribution in [1.82, 2.24) is 16.0 Å². The fourth-order valence-electron chi connectivity index (χ4n) is 3.43. The minimum Gasteiger partial charge on any atom is -0.357 e. The van der Waals surface area contributed by atoms with Crippen LogP contribution in [0.25, 0.3) is 0 Å². The highest BCUT2D eigenvalue weighted by molar-refractivity contribution is 8.00. The monoisotopic (exact) mass is 354 g/mol. The van der Waals surface area contributed by atoms with Crippen molar-refractivity contribution in [2.45, 2.75) is 63.5 Å². The Morgan fingerprint density at radius 3 is 2.54 bits per heavy atom. The highest BCUT2D eigenvalue weighted by Crippen LogP contribution is 2.26. The van der Waals surface area contributed by atoms with Gasteiger partial charge in [-0.15, -0.1) is 0 Å². The predicted octanol–water partition coefficient (Wildman–Crippen LogP) is 2.52. The molecule has 24 heavy (non-hydrogen) atoms. The van der Waals surface area contributed by atoms with Crippen LogP contribution >= 0.6 is 11.8 Å². The molecule has 1 heterocycles. The fraction of sp³-hybridized carbons (Fsp3) is 0.889. The molecule has 1 aliphatic carbocycles. The number of guanidine groups is 1. The molecule has 5 nitrogen and oxygen atoms in total. The van der Waals surface area contributed by atoms with Crippen LogP contribution in [-0.2, 0) is 4.79 Å². The summed E-state index contributed by atoms with van der Waals surface area (Å²) in [6, 6.07) is 0. The van der Waals surface area contributed by atoms with Crippen molar-refractivity contribution in [3.63, 3.8) is 0 Å². The SMILES string of the molecule is CCNC(=NCC1CCCS1)NCCNC(=O)CC1CCCCC1. The lowest BCUT2D eigenvalue weighted by Crippen LogP contribution is -2.42. The first-order valence-electron chi connectivity index (χ1n) is 9.68. The molecule has 0 aromatic carbocycles. The van der Waals surface area contributed by atoms with Crippen molar-refractivity contribution >= 4 is 23.6 Å². The molecule has 1 saturated heterocycles. The molecule has 1 unspecified atom stereocenters. The van der Waals surface area contributed by atoms with E-state index < -0.39 is 0 Å². The average Bonchev–Trinajstić information content (AvgIpc) is 3.11. The van der Waals surface area contributed by atoms with Crippen molar-refractivity contribution in [3.8, 4) is 0 Å². The van der Waals surface area contributed by atoms with Crippen LogP contribution in [0.4, 0.5) is 0 Å². The minimum atomic E-state index is 0.202. The van der Waals surface area contributed by atoms with E-state index >= 15 is 0 Å². The number of carbonyl (C=O) groups is 1. The van der Waals surface area contributed by atoms with E-state index in [-0.39, 0.29) is 5.91 Å². The summed E-state index contributed by atoms with van der Waals surface area (Å²) in [5.41, 5.74) is 0. The molecule has 1 aliphatic heterocycles. The summed E-state index contributed by atoms with van der Waals surface area (Å²) >= 11 is 2.03. The average molecular weight is 355 g/mol. The molecule has 138 valence electrons. The molecule has 3 N–H and O–H groups in total. The Bertz CT molecular complexity index is 390. The Morgan fingerprint density at radius 2 is 1.83 bits per heavy atom. The number of thioether (sulfide) groups is 1. The van der Waals surface area contributed by atoms with Crippen molar-refractivity contribution < 1.29 is 4.79 Å². The van der Waals surface area contributed by atoms with Gasteiger partial charge in [-0.05, 0) is 44.3 Å². The minimum absolute atomic E-state index is 0.202. The molecule has 0 aromatic heterocycles. The molecule has 6 heteroatoms. The standard InChI is InChI=1S/C18H34N4OS/c1-2-19-18(22-14-16-9-6-12-24-16)21-11-10-20-17(23)13-15-7-4-3-5-8-15/h15-16H,2-14H2,1H3,(H,20,23)(H2,19,21,22). The summed E-state index contributed by atoms with van der Waals surface area (Å²) in [7, 11) is 0. The topological polar surface area (TPSA) is 65.5 Å². The number of amides is 1. The van der Waals surface area contributed by atoms with Gasteiger partial charge in [-0.2, -0.15) is 11.8 Å². The lowest BCUT2D eigenvalue weighted by molar-refractivity contribution is -0.122. The summed E-state index contributed by atoms with van der Waals surface area (Å²) in [6.07, 6.45) is 9.68. The van der Waals surface area contributed by atoms with E-state index in [4.69, 9.17) is 0 Å². The number of carbonyl (C=O) groups excluding carboxylic acids is 1. The van der Waals surface area contributed by atoms with Crippen molar-refractivity contribution in [3.05, 3.63) is 0 Å². The molecular weight excluding hydrogens is 320 g/mol. The molecular formula is C18H34N4OS. The number of rotatable bonds is 8. The number of aliphatic imine (C=N–C) groups is 1. The zero-order valence-electron chi connectivity index (χ0n) is 15.1. The van der Waals surface area contributed by atoms with Gasteiger partial charge < -0.3 is 16.0 Å². The highest BCUT2D eigenvalue weighted by Gasteiger charge is 2.17. The van der Waals surface area contributed by atoms with Gasteiger partial charge in [0.2, 0.25) is 5.91 Å². The van der Waals surface area contributed by atoms with Gasteiger partial charge in [-0.1, -0.05) is 19.3 Å². The molecule has 2 aliphatic rings. The van der Waals surface area contributed by atoms with Crippen LogP contribution in [0.3, 0.4) is 0 Å². The van der Waals surface area contributed by atoms with Gasteiger partial charge >= 0.3 is 0 Å². The highest BCUT2D eigenvalue weighted by atomic mass is 32.2. The lowest BCUT2D eigenvalue weighted by atomic mass is 9.87. The van der Waals surface area contributed by atoms with E-state index in [1.54, 1.807) is 0 Å². The Hall–Kier alpha value is -0.910. The Balaban J connectivity index is 1.58. The van der Waals surface area contributed by atoms with Crippen LogP contribution < -0.4 is 16.0 Å². The van der Waals surface area contributed by atoms with Gasteiger partial charge in [0.05, 0.1) is 6.54 Å². The fourth-order valence-corrected chi connectivity index (χ4v) is 4.61. The molecule has 0 bridgehead atoms. The maximum absolute atomic E-state index is 12.0. The Kier molecular flexibility index (Phi) is 9.39. The lowest BCUT2D eigenvalue weighted by Gasteiger charge is -2.20. The number of hydrogen-bond acceptors (Lipinski definition) is 3. The molecule has 2 rings (SSSR count). The quantitative estimate of drug-likeness (QED) is 0.356. The third-order valence-corrected chi connectivity index (χ3v) is 6.14. The number of hydrogen-bond donors (Lipinski definition) is 3. The van der Waals surface area contributed by atoms with Crippen LogP contribution in [0, 0.1) is 5.92 Å². The van der Waals surface area contributed by atoms with Crippen LogP contribution in [-0.4, -0.2) is 49.0 Å². The summed E-state index contributed by atoms with van der Waals surface area (Å²) < 4.78 is 0. The molecule has 1 atom stereocenters. The van der Waals surface area contributed by atoms with Crippen molar-refractivity contribution in [2.24, 2.45) is 10.9 Å². The summed E-state index contributed by atoms with van der Waals surface area (Å²) in [5.74, 6) is 2.95. The van der Waals surface area contributed by atoms with Gasteiger partial charge in [0.1, 0.15) is 0 Å². The van der Waals surface area contributed by atoms with Crippen LogP contribution in [0.15, 0.2) is 4.99 Å². The smallest absolute Gasteiger partial charge is 0.220 e. The summed E-state index contributed by atoms with van der Waals surface area (Å²) in [5, 5.41) is 10.3. The maximum Gasteiger partial charge on any atom is 0.220 e. The second-order valence-corrected chi connectivity index (χ2v) is 8.25. The number of nitrogens with zero attached hydrogens (tertiary/aromatic N) is 1. The van der Waals surface area contributed by atoms with Crippen molar-refractivity contribution in [1.29, 1.82) is 0 Å². The maximum atomic E-state index is 12.0. The van der Waals surface area contributed by atoms with Crippen LogP contribution in [0.2, 0.25) is 0 Å². The first-order chi connectivity index (χ1) is 11.8. The first-order valence-corrected chi connectivity index (χ1v) is 10.7. The molecule has 1 amide bonds. The van der Waals surface area contributed by atoms with Gasteiger partial charge in [0.25, 0.3) is 0 Å². The van der Waals surface area contributed by atoms with Gasteiger partial charge in [0, 0.05) is 31.3 Å². The number of nitrogens with one attached hydrogen (secondary N) is 3. The zero-order chi connectivity index (χ0) is 17.0. The molecule has 0 radical (unpaired) electrons. The molecule has 2 fully saturated rings. The van der Waals surface area contributed by atoms with E-state index in [1.807, 2.05) is 11.8 Å². The first kappa shape index (κ1) is 19.4. The van der Waals surface area contributed by atoms with Crippen LogP contribution in [0.5, 0.6) is 0 Å². The van der Waals surface area contributed by atoms with Crippen LogP contribution in [0.1, 0.15) is 58.3 Å². The van der Waals surface area contributed by atoms with E-state index in [2.05, 4.69) is 27.9 Å². The van der Waals surface area contributed by atoms with Gasteiger partial charge in [-0.3, -0.25) is 9.79 Å². The largest absolute Gasteiger partial charge is 0.357 e. The second-order valence-electron chi connectivity index (χ2n) is 6.84. The Morgan fingerprint density at radius 1 is 1.04 bits per heavy atom. The second kappa shape index (κ2) is 11.6. The zero-order valence-corrected chi connectivity index (χ0v) is 15.9. The van der Waals surface area contributed by atoms with E-state index in [1.165, 1.54) is 50.7 Å². The van der Waals surface area contributed by atoms with E-state index in [0.29, 0.717) is 24.1 Å². The Labute approximate surface area is 151 Å². The molecule has 0 aromatic rings. The van der Waals surface area contributed by atoms with Gasteiger partial charge in [0.15, 0.2) is 5.96 Å². The van der Waals surface area contributed by atoms with Gasteiger partial charge in [-0.25, -0.2) is 0 Å². The van der Waals surface area contributed by atoms with E-state index in [9.17, 15) is 4.79 Å².